The number of nitrogens with zero attached hydrogens (tertiary/aromatic N) is 3. The number of likely N-dealkylation sites (tertiary alicyclic amines) is 1. The van der Waals surface area contributed by atoms with Crippen LogP contribution in [0.4, 0.5) is 5.69 Å². The van der Waals surface area contributed by atoms with E-state index in [4.69, 9.17) is 0 Å². The van der Waals surface area contributed by atoms with Crippen LogP contribution in [0, 0.1) is 17.2 Å². The van der Waals surface area contributed by atoms with E-state index in [1.54, 1.807) is 0 Å². The first-order valence-electron chi connectivity index (χ1n) is 11.9. The van der Waals surface area contributed by atoms with Gasteiger partial charge in [0.2, 0.25) is 5.91 Å². The quantitative estimate of drug-likeness (QED) is 0.602. The van der Waals surface area contributed by atoms with Gasteiger partial charge in [-0.1, -0.05) is 18.2 Å². The predicted molar refractivity (Wildman–Crippen MR) is 135 cm³/mol. The number of carbonyl (C=O) groups is 1. The first-order valence-corrected chi connectivity index (χ1v) is 11.9. The number of carbonyl (C=O) groups excluding carboxylic acids is 1. The molecule has 3 aromatic rings. The molecule has 2 aromatic carbocycles. The molecule has 1 unspecified atom stereocenters. The summed E-state index contributed by atoms with van der Waals surface area (Å²) in [6.45, 7) is 4.33. The number of rotatable bonds is 4. The third kappa shape index (κ3) is 4.60. The Morgan fingerprint density at radius 3 is 2.79 bits per heavy atom. The molecule has 6 nitrogen and oxygen atoms in total. The Morgan fingerprint density at radius 1 is 1.18 bits per heavy atom. The molecule has 1 amide bonds. The molecule has 5 rings (SSSR count). The minimum absolute atomic E-state index is 0.0454. The number of allylic oxidation sites excluding steroid dienone is 2. The first kappa shape index (κ1) is 22.0. The van der Waals surface area contributed by atoms with Gasteiger partial charge >= 0.3 is 0 Å². The number of fused-ring (bicyclic) bond motifs is 1. The van der Waals surface area contributed by atoms with Crippen LogP contribution in [0.3, 0.4) is 0 Å². The van der Waals surface area contributed by atoms with E-state index in [2.05, 4.69) is 39.9 Å². The van der Waals surface area contributed by atoms with Gasteiger partial charge in [0.1, 0.15) is 0 Å². The molecule has 2 aliphatic heterocycles. The Bertz CT molecular complexity index is 1280. The molecular weight excluding hydrogens is 422 g/mol. The van der Waals surface area contributed by atoms with Crippen LogP contribution < -0.4 is 10.6 Å². The molecule has 0 aliphatic carbocycles. The molecule has 1 aromatic heterocycles. The third-order valence-corrected chi connectivity index (χ3v) is 6.93. The maximum absolute atomic E-state index is 13.0. The Hall–Kier alpha value is -3.85. The zero-order valence-electron chi connectivity index (χ0n) is 19.4. The number of nitriles is 1. The number of benzene rings is 2. The summed E-state index contributed by atoms with van der Waals surface area (Å²) in [5, 5.41) is 18.5. The predicted octanol–water partition coefficient (Wildman–Crippen LogP) is 4.69. The van der Waals surface area contributed by atoms with E-state index in [-0.39, 0.29) is 11.8 Å². The molecule has 1 fully saturated rings. The van der Waals surface area contributed by atoms with Gasteiger partial charge in [-0.05, 0) is 73.0 Å². The molecule has 2 N–H and O–H groups in total. The molecule has 2 aliphatic rings. The Labute approximate surface area is 200 Å². The van der Waals surface area contributed by atoms with Crippen molar-refractivity contribution in [3.05, 3.63) is 72.2 Å². The van der Waals surface area contributed by atoms with E-state index in [1.165, 1.54) is 0 Å². The van der Waals surface area contributed by atoms with Crippen molar-refractivity contribution in [2.24, 2.45) is 5.92 Å². The van der Waals surface area contributed by atoms with Crippen LogP contribution in [-0.4, -0.2) is 41.5 Å². The maximum atomic E-state index is 13.0. The number of pyridine rings is 1. The van der Waals surface area contributed by atoms with Crippen LogP contribution in [0.2, 0.25) is 0 Å². The summed E-state index contributed by atoms with van der Waals surface area (Å²) in [7, 11) is 0. The number of nitrogens with one attached hydrogen (secondary N) is 2. The molecule has 172 valence electrons. The SMILES string of the molecule is CC1=CCC(C(=O)N2CCC(Nc3cc(-c4cccc(C#N)c4)cc4ccncc34)CC2)CN1. The van der Waals surface area contributed by atoms with E-state index in [9.17, 15) is 10.1 Å². The zero-order chi connectivity index (χ0) is 23.5. The molecule has 34 heavy (non-hydrogen) atoms. The smallest absolute Gasteiger partial charge is 0.227 e. The monoisotopic (exact) mass is 451 g/mol. The second-order valence-corrected chi connectivity index (χ2v) is 9.26. The Morgan fingerprint density at radius 2 is 2.03 bits per heavy atom. The molecule has 0 radical (unpaired) electrons. The van der Waals surface area contributed by atoms with Crippen molar-refractivity contribution in [2.45, 2.75) is 32.2 Å². The summed E-state index contributed by atoms with van der Waals surface area (Å²) in [6, 6.07) is 16.5. The van der Waals surface area contributed by atoms with Gasteiger partial charge in [-0.2, -0.15) is 5.26 Å². The largest absolute Gasteiger partial charge is 0.388 e. The molecule has 3 heterocycles. The van der Waals surface area contributed by atoms with Crippen molar-refractivity contribution in [1.82, 2.24) is 15.2 Å². The van der Waals surface area contributed by atoms with Gasteiger partial charge in [-0.15, -0.1) is 0 Å². The van der Waals surface area contributed by atoms with Crippen LogP contribution >= 0.6 is 0 Å². The summed E-state index contributed by atoms with van der Waals surface area (Å²) in [5.41, 5.74) is 4.95. The molecule has 0 bridgehead atoms. The second kappa shape index (κ2) is 9.56. The summed E-state index contributed by atoms with van der Waals surface area (Å²) >= 11 is 0. The van der Waals surface area contributed by atoms with Gasteiger partial charge in [-0.25, -0.2) is 0 Å². The average molecular weight is 452 g/mol. The summed E-state index contributed by atoms with van der Waals surface area (Å²) in [5.74, 6) is 0.313. The van der Waals surface area contributed by atoms with E-state index in [0.29, 0.717) is 11.6 Å². The van der Waals surface area contributed by atoms with Gasteiger partial charge in [0.15, 0.2) is 0 Å². The second-order valence-electron chi connectivity index (χ2n) is 9.26. The van der Waals surface area contributed by atoms with Crippen LogP contribution in [0.25, 0.3) is 21.9 Å². The van der Waals surface area contributed by atoms with Crippen LogP contribution in [0.5, 0.6) is 0 Å². The number of anilines is 1. The number of aromatic nitrogens is 1. The van der Waals surface area contributed by atoms with Gasteiger partial charge < -0.3 is 15.5 Å². The minimum Gasteiger partial charge on any atom is -0.388 e. The lowest BCUT2D eigenvalue weighted by Crippen LogP contribution is -2.47. The topological polar surface area (TPSA) is 81.1 Å². The summed E-state index contributed by atoms with van der Waals surface area (Å²) in [4.78, 5) is 19.3. The minimum atomic E-state index is 0.0454. The van der Waals surface area contributed by atoms with Crippen LogP contribution in [0.15, 0.2) is 66.6 Å². The zero-order valence-corrected chi connectivity index (χ0v) is 19.4. The van der Waals surface area contributed by atoms with Crippen molar-refractivity contribution in [1.29, 1.82) is 5.26 Å². The van der Waals surface area contributed by atoms with Gasteiger partial charge in [0.25, 0.3) is 0 Å². The molecule has 6 heteroatoms. The lowest BCUT2D eigenvalue weighted by Gasteiger charge is -2.36. The average Bonchev–Trinajstić information content (AvgIpc) is 2.89. The van der Waals surface area contributed by atoms with Gasteiger partial charge in [0, 0.05) is 54.8 Å². The van der Waals surface area contributed by atoms with Crippen molar-refractivity contribution < 1.29 is 4.79 Å². The lowest BCUT2D eigenvalue weighted by molar-refractivity contribution is -0.136. The van der Waals surface area contributed by atoms with E-state index >= 15 is 0 Å². The maximum Gasteiger partial charge on any atom is 0.227 e. The fraction of sp³-hybridized carbons (Fsp3) is 0.321. The Kier molecular flexibility index (Phi) is 6.18. The van der Waals surface area contributed by atoms with E-state index < -0.39 is 0 Å². The number of hydrogen-bond donors (Lipinski definition) is 2. The fourth-order valence-corrected chi connectivity index (χ4v) is 4.92. The standard InChI is InChI=1S/C28H29N5O/c1-19-5-6-23(17-31-19)28(34)33-11-8-25(9-12-33)32-27-15-24(14-22-7-10-30-18-26(22)27)21-4-2-3-20(13-21)16-29/h2-5,7,10,13-15,18,23,25,31-32H,6,8-9,11-12,17H2,1H3. The third-order valence-electron chi connectivity index (χ3n) is 6.93. The van der Waals surface area contributed by atoms with Crippen molar-refractivity contribution >= 4 is 22.4 Å². The normalized spacial score (nSPS) is 18.6. The molecular formula is C28H29N5O. The molecule has 0 saturated carbocycles. The highest BCUT2D eigenvalue weighted by molar-refractivity contribution is 5.97. The summed E-state index contributed by atoms with van der Waals surface area (Å²) in [6.07, 6.45) is 8.49. The highest BCUT2D eigenvalue weighted by atomic mass is 16.2. The number of piperidine rings is 1. The molecule has 1 saturated heterocycles. The molecule has 1 atom stereocenters. The van der Waals surface area contributed by atoms with Gasteiger partial charge in [-0.3, -0.25) is 9.78 Å². The molecule has 0 spiro atoms. The summed E-state index contributed by atoms with van der Waals surface area (Å²) < 4.78 is 0. The van der Waals surface area contributed by atoms with E-state index in [0.717, 1.165) is 72.2 Å². The van der Waals surface area contributed by atoms with Crippen LogP contribution in [0.1, 0.15) is 31.7 Å². The number of amides is 1. The van der Waals surface area contributed by atoms with Gasteiger partial charge in [0.05, 0.1) is 17.6 Å². The highest BCUT2D eigenvalue weighted by Gasteiger charge is 2.29. The highest BCUT2D eigenvalue weighted by Crippen LogP contribution is 2.32. The van der Waals surface area contributed by atoms with Crippen LogP contribution in [-0.2, 0) is 4.79 Å². The lowest BCUT2D eigenvalue weighted by atomic mass is 9.96. The van der Waals surface area contributed by atoms with Crippen molar-refractivity contribution in [3.63, 3.8) is 0 Å². The first-order chi connectivity index (χ1) is 16.6. The number of hydrogen-bond acceptors (Lipinski definition) is 5. The fourth-order valence-electron chi connectivity index (χ4n) is 4.92. The van der Waals surface area contributed by atoms with Crippen molar-refractivity contribution in [2.75, 3.05) is 25.0 Å². The van der Waals surface area contributed by atoms with Crippen molar-refractivity contribution in [3.8, 4) is 17.2 Å². The van der Waals surface area contributed by atoms with E-state index in [1.807, 2.05) is 54.5 Å². The Balaban J connectivity index is 1.32.